The zero-order chi connectivity index (χ0) is 19.4. The number of carbonyl (C=O) groups is 3. The van der Waals surface area contributed by atoms with Crippen molar-refractivity contribution >= 4 is 23.6 Å². The highest BCUT2D eigenvalue weighted by Crippen LogP contribution is 2.29. The minimum Gasteiger partial charge on any atom is -0.441 e. The van der Waals surface area contributed by atoms with Crippen molar-refractivity contribution in [1.29, 1.82) is 0 Å². The molecule has 3 N–H and O–H groups in total. The molecule has 4 atom stereocenters. The monoisotopic (exact) mass is 377 g/mol. The van der Waals surface area contributed by atoms with E-state index in [0.717, 1.165) is 0 Å². The number of urea groups is 1. The molecule has 0 unspecified atom stereocenters. The number of alkyl carbamates (subject to hydrolysis) is 1. The van der Waals surface area contributed by atoms with Crippen LogP contribution in [-0.4, -0.2) is 62.0 Å². The third-order valence-corrected chi connectivity index (χ3v) is 4.45. The zero-order valence-corrected chi connectivity index (χ0v) is 15.2. The lowest BCUT2D eigenvalue weighted by Crippen LogP contribution is -2.46. The van der Waals surface area contributed by atoms with E-state index in [1.165, 1.54) is 6.92 Å². The van der Waals surface area contributed by atoms with E-state index in [-0.39, 0.29) is 31.1 Å². The van der Waals surface area contributed by atoms with Crippen LogP contribution in [-0.2, 0) is 14.2 Å². The van der Waals surface area contributed by atoms with Crippen LogP contribution >= 0.6 is 0 Å². The number of rotatable bonds is 5. The number of amides is 3. The summed E-state index contributed by atoms with van der Waals surface area (Å²) in [6.45, 7) is 4.24. The van der Waals surface area contributed by atoms with Gasteiger partial charge >= 0.3 is 12.1 Å². The van der Waals surface area contributed by atoms with Crippen molar-refractivity contribution in [2.45, 2.75) is 38.2 Å². The van der Waals surface area contributed by atoms with Crippen LogP contribution in [0.5, 0.6) is 0 Å². The minimum atomic E-state index is -0.515. The van der Waals surface area contributed by atoms with Crippen molar-refractivity contribution in [3.05, 3.63) is 29.8 Å². The van der Waals surface area contributed by atoms with Crippen LogP contribution in [0.25, 0.3) is 0 Å². The van der Waals surface area contributed by atoms with Crippen molar-refractivity contribution in [1.82, 2.24) is 10.6 Å². The van der Waals surface area contributed by atoms with Gasteiger partial charge < -0.3 is 30.2 Å². The molecule has 3 rings (SSSR count). The maximum atomic E-state index is 12.2. The summed E-state index contributed by atoms with van der Waals surface area (Å²) in [6.07, 6.45) is -1.81. The molecule has 146 valence electrons. The van der Waals surface area contributed by atoms with Gasteiger partial charge in [0, 0.05) is 17.8 Å². The Balaban J connectivity index is 1.51. The largest absolute Gasteiger partial charge is 0.441 e. The highest BCUT2D eigenvalue weighted by Gasteiger charge is 2.50. The highest BCUT2D eigenvalue weighted by atomic mass is 16.6. The van der Waals surface area contributed by atoms with Gasteiger partial charge in [-0.1, -0.05) is 0 Å². The first-order valence-corrected chi connectivity index (χ1v) is 8.84. The summed E-state index contributed by atoms with van der Waals surface area (Å²) >= 11 is 0. The standard InChI is InChI=1S/C18H23N3O6/c1-3-19-18(24)27-14-9-26-15-13(8-25-16(14)15)21-17(23)20-12-6-4-11(5-7-12)10(2)22/h4-7,13-16H,3,8-9H2,1-2H3,(H,19,24)(H2,20,21,23)/t13-,14-,15-,16+/m0/s1. The molecule has 1 aromatic carbocycles. The van der Waals surface area contributed by atoms with Gasteiger partial charge in [0.05, 0.1) is 19.3 Å². The SMILES string of the molecule is CCNC(=O)O[C@H]1CO[C@@H]2[C@@H]1OC[C@@H]2NC(=O)Nc1ccc(C(C)=O)cc1. The second-order valence-corrected chi connectivity index (χ2v) is 6.41. The molecule has 0 spiro atoms. The Kier molecular flexibility index (Phi) is 5.92. The summed E-state index contributed by atoms with van der Waals surface area (Å²) < 4.78 is 16.6. The smallest absolute Gasteiger partial charge is 0.407 e. The van der Waals surface area contributed by atoms with Gasteiger partial charge in [0.1, 0.15) is 12.2 Å². The number of fused-ring (bicyclic) bond motifs is 1. The highest BCUT2D eigenvalue weighted by molar-refractivity contribution is 5.95. The first-order chi connectivity index (χ1) is 13.0. The molecule has 2 fully saturated rings. The molecule has 2 aliphatic rings. The minimum absolute atomic E-state index is 0.0390. The molecule has 3 amide bonds. The topological polar surface area (TPSA) is 115 Å². The molecule has 0 aromatic heterocycles. The number of carbonyl (C=O) groups excluding carboxylic acids is 3. The Labute approximate surface area is 156 Å². The maximum absolute atomic E-state index is 12.2. The van der Waals surface area contributed by atoms with Crippen molar-refractivity contribution in [2.24, 2.45) is 0 Å². The third kappa shape index (κ3) is 4.55. The van der Waals surface area contributed by atoms with Crippen LogP contribution in [0.4, 0.5) is 15.3 Å². The predicted octanol–water partition coefficient (Wildman–Crippen LogP) is 1.29. The summed E-state index contributed by atoms with van der Waals surface area (Å²) in [4.78, 5) is 35.1. The molecular weight excluding hydrogens is 354 g/mol. The lowest BCUT2D eigenvalue weighted by Gasteiger charge is -2.18. The van der Waals surface area contributed by atoms with E-state index >= 15 is 0 Å². The second kappa shape index (κ2) is 8.36. The molecule has 0 aliphatic carbocycles. The molecular formula is C18H23N3O6. The fourth-order valence-corrected chi connectivity index (χ4v) is 3.14. The number of Topliss-reactive ketones (excluding diaryl/α,β-unsaturated/α-hetero) is 1. The van der Waals surface area contributed by atoms with Gasteiger partial charge in [-0.2, -0.15) is 0 Å². The molecule has 2 heterocycles. The first kappa shape index (κ1) is 19.1. The van der Waals surface area contributed by atoms with Crippen LogP contribution in [0.15, 0.2) is 24.3 Å². The first-order valence-electron chi connectivity index (χ1n) is 8.84. The number of ether oxygens (including phenoxy) is 3. The third-order valence-electron chi connectivity index (χ3n) is 4.45. The number of hydrogen-bond acceptors (Lipinski definition) is 6. The molecule has 0 bridgehead atoms. The molecule has 1 aromatic rings. The lowest BCUT2D eigenvalue weighted by molar-refractivity contribution is 0.00419. The number of benzene rings is 1. The van der Waals surface area contributed by atoms with Gasteiger partial charge in [-0.15, -0.1) is 0 Å². The van der Waals surface area contributed by atoms with Gasteiger partial charge in [0.2, 0.25) is 0 Å². The van der Waals surface area contributed by atoms with Crippen LogP contribution in [0.3, 0.4) is 0 Å². The van der Waals surface area contributed by atoms with E-state index < -0.39 is 24.3 Å². The molecule has 9 heteroatoms. The number of nitrogens with one attached hydrogen (secondary N) is 3. The number of ketones is 1. The van der Waals surface area contributed by atoms with Crippen molar-refractivity contribution in [2.75, 3.05) is 25.1 Å². The van der Waals surface area contributed by atoms with E-state index in [2.05, 4.69) is 16.0 Å². The van der Waals surface area contributed by atoms with Gasteiger partial charge in [-0.25, -0.2) is 9.59 Å². The predicted molar refractivity (Wildman–Crippen MR) is 95.8 cm³/mol. The number of anilines is 1. The quantitative estimate of drug-likeness (QED) is 0.666. The van der Waals surface area contributed by atoms with Crippen LogP contribution in [0.1, 0.15) is 24.2 Å². The molecule has 0 saturated carbocycles. The summed E-state index contributed by atoms with van der Waals surface area (Å²) in [6, 6.07) is 5.86. The van der Waals surface area contributed by atoms with Gasteiger partial charge in [0.15, 0.2) is 11.9 Å². The molecule has 0 radical (unpaired) electrons. The Morgan fingerprint density at radius 3 is 2.48 bits per heavy atom. The summed E-state index contributed by atoms with van der Waals surface area (Å²) in [5.41, 5.74) is 1.14. The Bertz CT molecular complexity index is 708. The van der Waals surface area contributed by atoms with Gasteiger partial charge in [-0.05, 0) is 38.1 Å². The molecule has 27 heavy (non-hydrogen) atoms. The van der Waals surface area contributed by atoms with Crippen molar-refractivity contribution in [3.63, 3.8) is 0 Å². The van der Waals surface area contributed by atoms with Crippen molar-refractivity contribution in [3.8, 4) is 0 Å². The fourth-order valence-electron chi connectivity index (χ4n) is 3.14. The Morgan fingerprint density at radius 1 is 1.11 bits per heavy atom. The average Bonchev–Trinajstić information content (AvgIpc) is 3.19. The maximum Gasteiger partial charge on any atom is 0.407 e. The van der Waals surface area contributed by atoms with E-state index in [4.69, 9.17) is 14.2 Å². The zero-order valence-electron chi connectivity index (χ0n) is 15.2. The molecule has 2 aliphatic heterocycles. The fraction of sp³-hybridized carbons (Fsp3) is 0.500. The average molecular weight is 377 g/mol. The second-order valence-electron chi connectivity index (χ2n) is 6.41. The lowest BCUT2D eigenvalue weighted by atomic mass is 10.1. The Morgan fingerprint density at radius 2 is 1.81 bits per heavy atom. The van der Waals surface area contributed by atoms with Crippen LogP contribution in [0.2, 0.25) is 0 Å². The van der Waals surface area contributed by atoms with Crippen molar-refractivity contribution < 1.29 is 28.6 Å². The van der Waals surface area contributed by atoms with E-state index in [1.54, 1.807) is 31.2 Å². The molecule has 2 saturated heterocycles. The van der Waals surface area contributed by atoms with E-state index in [9.17, 15) is 14.4 Å². The number of hydrogen-bond donors (Lipinski definition) is 3. The van der Waals surface area contributed by atoms with Gasteiger partial charge in [0.25, 0.3) is 0 Å². The van der Waals surface area contributed by atoms with Crippen LogP contribution in [0, 0.1) is 0 Å². The summed E-state index contributed by atoms with van der Waals surface area (Å²) in [5.74, 6) is -0.0390. The summed E-state index contributed by atoms with van der Waals surface area (Å²) in [5, 5.41) is 8.08. The van der Waals surface area contributed by atoms with Gasteiger partial charge in [-0.3, -0.25) is 4.79 Å². The normalized spacial score (nSPS) is 26.1. The van der Waals surface area contributed by atoms with Crippen LogP contribution < -0.4 is 16.0 Å². The Hall–Kier alpha value is -2.65. The van der Waals surface area contributed by atoms with E-state index in [1.807, 2.05) is 0 Å². The summed E-state index contributed by atoms with van der Waals surface area (Å²) in [7, 11) is 0. The van der Waals surface area contributed by atoms with E-state index in [0.29, 0.717) is 17.8 Å². The molecule has 9 nitrogen and oxygen atoms in total.